The van der Waals surface area contributed by atoms with Gasteiger partial charge in [-0.2, -0.15) is 4.98 Å². The van der Waals surface area contributed by atoms with Crippen molar-refractivity contribution in [3.05, 3.63) is 57.5 Å². The van der Waals surface area contributed by atoms with Crippen molar-refractivity contribution in [1.82, 2.24) is 19.9 Å². The second kappa shape index (κ2) is 11.6. The lowest BCUT2D eigenvalue weighted by Gasteiger charge is -2.34. The van der Waals surface area contributed by atoms with Crippen molar-refractivity contribution in [3.8, 4) is 5.75 Å². The Morgan fingerprint density at radius 1 is 1.12 bits per heavy atom. The maximum atomic E-state index is 13.2. The lowest BCUT2D eigenvalue weighted by molar-refractivity contribution is -0.384. The summed E-state index contributed by atoms with van der Waals surface area (Å²) in [6, 6.07) is 7.01. The maximum Gasteiger partial charge on any atom is 0.343 e. The van der Waals surface area contributed by atoms with Crippen LogP contribution in [0.25, 0.3) is 0 Å². The average molecular weight is 591 g/mol. The minimum atomic E-state index is -0.548. The van der Waals surface area contributed by atoms with Crippen molar-refractivity contribution >= 4 is 40.5 Å². The molecule has 1 aromatic carbocycles. The van der Waals surface area contributed by atoms with Crippen molar-refractivity contribution in [2.75, 3.05) is 62.0 Å². The summed E-state index contributed by atoms with van der Waals surface area (Å²) in [5, 5.41) is 15.3. The van der Waals surface area contributed by atoms with E-state index in [1.165, 1.54) is 19.4 Å². The summed E-state index contributed by atoms with van der Waals surface area (Å²) in [6.45, 7) is 13.1. The predicted molar refractivity (Wildman–Crippen MR) is 164 cm³/mol. The number of carbonyl (C=O) groups excluding carboxylic acids is 1. The molecule has 1 fully saturated rings. The number of methoxy groups -OCH3 is 1. The number of aryl methyl sites for hydroxylation is 1. The number of ether oxygens (including phenoxy) is 2. The fourth-order valence-electron chi connectivity index (χ4n) is 5.46. The van der Waals surface area contributed by atoms with Gasteiger partial charge in [0.25, 0.3) is 5.69 Å². The molecule has 13 heteroatoms. The molecule has 0 amide bonds. The highest BCUT2D eigenvalue weighted by Crippen LogP contribution is 2.44. The van der Waals surface area contributed by atoms with Crippen LogP contribution in [0.3, 0.4) is 0 Å². The van der Waals surface area contributed by atoms with Crippen LogP contribution in [0, 0.1) is 17.0 Å². The number of nitro groups is 1. The standard InChI is InChI=1S/C30H38N8O5/c1-18(2)43-28(39)20-16-31-29(34-27(20)37-17-30(4,5)26-22(37)9-8-19(3)32-26)33-21-14-24(38(40)41)23(15-25(21)42-7)36-12-10-35(6)11-13-36/h8-9,14-16,18H,10-13,17H2,1-7H3,(H,31,33,34). The Balaban J connectivity index is 1.57. The summed E-state index contributed by atoms with van der Waals surface area (Å²) < 4.78 is 11.2. The molecule has 0 unspecified atom stereocenters. The van der Waals surface area contributed by atoms with Crippen molar-refractivity contribution in [2.24, 2.45) is 0 Å². The van der Waals surface area contributed by atoms with Crippen LogP contribution >= 0.6 is 0 Å². The fourth-order valence-corrected chi connectivity index (χ4v) is 5.46. The van der Waals surface area contributed by atoms with Crippen molar-refractivity contribution in [3.63, 3.8) is 0 Å². The zero-order valence-electron chi connectivity index (χ0n) is 25.7. The molecule has 2 aliphatic rings. The van der Waals surface area contributed by atoms with Gasteiger partial charge >= 0.3 is 5.97 Å². The number of piperazine rings is 1. The molecule has 1 N–H and O–H groups in total. The highest BCUT2D eigenvalue weighted by atomic mass is 16.6. The number of nitrogens with zero attached hydrogens (tertiary/aromatic N) is 7. The molecule has 0 atom stereocenters. The third-order valence-electron chi connectivity index (χ3n) is 7.67. The summed E-state index contributed by atoms with van der Waals surface area (Å²) in [4.78, 5) is 45.1. The van der Waals surface area contributed by atoms with Crippen LogP contribution in [0.4, 0.5) is 34.5 Å². The van der Waals surface area contributed by atoms with Crippen molar-refractivity contribution in [2.45, 2.75) is 46.1 Å². The summed E-state index contributed by atoms with van der Waals surface area (Å²) in [7, 11) is 3.54. The monoisotopic (exact) mass is 590 g/mol. The minimum absolute atomic E-state index is 0.0538. The van der Waals surface area contributed by atoms with E-state index in [2.05, 4.69) is 29.0 Å². The van der Waals surface area contributed by atoms with Gasteiger partial charge in [-0.3, -0.25) is 15.1 Å². The smallest absolute Gasteiger partial charge is 0.343 e. The van der Waals surface area contributed by atoms with E-state index in [-0.39, 0.29) is 28.7 Å². The first kappa shape index (κ1) is 30.0. The molecule has 228 valence electrons. The van der Waals surface area contributed by atoms with E-state index in [0.717, 1.165) is 30.2 Å². The van der Waals surface area contributed by atoms with E-state index < -0.39 is 10.9 Å². The number of hydrogen-bond donors (Lipinski definition) is 1. The zero-order chi connectivity index (χ0) is 31.1. The van der Waals surface area contributed by atoms with E-state index in [4.69, 9.17) is 19.4 Å². The molecule has 0 saturated carbocycles. The van der Waals surface area contributed by atoms with Crippen LogP contribution in [0.5, 0.6) is 5.75 Å². The van der Waals surface area contributed by atoms with Gasteiger partial charge in [0.2, 0.25) is 5.95 Å². The van der Waals surface area contributed by atoms with Gasteiger partial charge < -0.3 is 29.5 Å². The molecule has 43 heavy (non-hydrogen) atoms. The number of fused-ring (bicyclic) bond motifs is 1. The maximum absolute atomic E-state index is 13.2. The highest BCUT2D eigenvalue weighted by Gasteiger charge is 2.40. The first-order valence-corrected chi connectivity index (χ1v) is 14.3. The van der Waals surface area contributed by atoms with Gasteiger partial charge in [0.05, 0.1) is 35.2 Å². The number of likely N-dealkylation sites (N-methyl/N-ethyl adjacent to an activating group) is 1. The third-order valence-corrected chi connectivity index (χ3v) is 7.67. The highest BCUT2D eigenvalue weighted by molar-refractivity contribution is 5.96. The topological polar surface area (TPSA) is 139 Å². The zero-order valence-corrected chi connectivity index (χ0v) is 25.7. The van der Waals surface area contributed by atoms with Crippen LogP contribution in [0.2, 0.25) is 0 Å². The number of hydrogen-bond acceptors (Lipinski definition) is 12. The van der Waals surface area contributed by atoms with Crippen LogP contribution in [-0.2, 0) is 10.2 Å². The lowest BCUT2D eigenvalue weighted by Crippen LogP contribution is -2.44. The molecule has 2 aromatic heterocycles. The molecule has 2 aliphatic heterocycles. The number of esters is 1. The normalized spacial score (nSPS) is 16.3. The van der Waals surface area contributed by atoms with E-state index in [1.807, 2.05) is 35.9 Å². The van der Waals surface area contributed by atoms with Gasteiger partial charge in [0, 0.05) is 62.2 Å². The molecule has 3 aromatic rings. The second-order valence-electron chi connectivity index (χ2n) is 11.9. The van der Waals surface area contributed by atoms with Crippen LogP contribution in [0.15, 0.2) is 30.5 Å². The first-order chi connectivity index (χ1) is 20.4. The Bertz CT molecular complexity index is 1550. The molecule has 0 spiro atoms. The molecule has 4 heterocycles. The van der Waals surface area contributed by atoms with Gasteiger partial charge in [0.1, 0.15) is 17.0 Å². The van der Waals surface area contributed by atoms with Gasteiger partial charge in [-0.15, -0.1) is 0 Å². The van der Waals surface area contributed by atoms with Gasteiger partial charge in [-0.1, -0.05) is 13.8 Å². The molecule has 1 saturated heterocycles. The van der Waals surface area contributed by atoms with E-state index in [0.29, 0.717) is 42.6 Å². The van der Waals surface area contributed by atoms with Crippen LogP contribution in [-0.4, -0.2) is 83.7 Å². The SMILES string of the molecule is COc1cc(N2CCN(C)CC2)c([N+](=O)[O-])cc1Nc1ncc(C(=O)OC(C)C)c(N2CC(C)(C)c3nc(C)ccc32)n1. The Labute approximate surface area is 251 Å². The number of carbonyl (C=O) groups is 1. The molecule has 13 nitrogen and oxygen atoms in total. The Morgan fingerprint density at radius 3 is 2.49 bits per heavy atom. The van der Waals surface area contributed by atoms with E-state index in [1.54, 1.807) is 19.9 Å². The van der Waals surface area contributed by atoms with Gasteiger partial charge in [-0.05, 0) is 40.0 Å². The van der Waals surface area contributed by atoms with Gasteiger partial charge in [-0.25, -0.2) is 9.78 Å². The Morgan fingerprint density at radius 2 is 1.84 bits per heavy atom. The Hall–Kier alpha value is -4.52. The number of aromatic nitrogens is 3. The molecular formula is C30H38N8O5. The second-order valence-corrected chi connectivity index (χ2v) is 11.9. The number of nitro benzene ring substituents is 1. The largest absolute Gasteiger partial charge is 0.494 e. The number of anilines is 5. The Kier molecular flexibility index (Phi) is 8.10. The molecular weight excluding hydrogens is 552 g/mol. The quantitative estimate of drug-likeness (QED) is 0.223. The average Bonchev–Trinajstić information content (AvgIpc) is 3.22. The van der Waals surface area contributed by atoms with Gasteiger partial charge in [0.15, 0.2) is 5.82 Å². The molecule has 0 aliphatic carbocycles. The summed E-state index contributed by atoms with van der Waals surface area (Å²) in [5.74, 6) is 0.346. The minimum Gasteiger partial charge on any atom is -0.494 e. The number of nitrogens with one attached hydrogen (secondary N) is 1. The summed E-state index contributed by atoms with van der Waals surface area (Å²) >= 11 is 0. The molecule has 5 rings (SSSR count). The van der Waals surface area contributed by atoms with Crippen LogP contribution in [0.1, 0.15) is 49.4 Å². The molecule has 0 bridgehead atoms. The summed E-state index contributed by atoms with van der Waals surface area (Å²) in [6.07, 6.45) is 1.08. The number of pyridine rings is 1. The number of rotatable bonds is 8. The third kappa shape index (κ3) is 6.03. The summed E-state index contributed by atoms with van der Waals surface area (Å²) in [5.41, 5.74) is 3.29. The van der Waals surface area contributed by atoms with Crippen molar-refractivity contribution in [1.29, 1.82) is 0 Å². The van der Waals surface area contributed by atoms with E-state index >= 15 is 0 Å². The van der Waals surface area contributed by atoms with E-state index in [9.17, 15) is 14.9 Å². The predicted octanol–water partition coefficient (Wildman–Crippen LogP) is 4.59. The molecule has 0 radical (unpaired) electrons. The van der Waals surface area contributed by atoms with Crippen molar-refractivity contribution < 1.29 is 19.2 Å². The number of benzene rings is 1. The fraction of sp³-hybridized carbons (Fsp3) is 0.467. The van der Waals surface area contributed by atoms with Crippen LogP contribution < -0.4 is 19.9 Å². The first-order valence-electron chi connectivity index (χ1n) is 14.3. The lowest BCUT2D eigenvalue weighted by atomic mass is 9.91.